The second kappa shape index (κ2) is 9.06. The number of hydrogen-bond acceptors (Lipinski definition) is 5. The Hall–Kier alpha value is -2.58. The third-order valence-corrected chi connectivity index (χ3v) is 8.26. The van der Waals surface area contributed by atoms with Crippen molar-refractivity contribution in [3.63, 3.8) is 0 Å². The van der Waals surface area contributed by atoms with Crippen LogP contribution >= 0.6 is 11.8 Å². The van der Waals surface area contributed by atoms with E-state index >= 15 is 0 Å². The molecule has 0 saturated carbocycles. The van der Waals surface area contributed by atoms with Crippen LogP contribution in [0.5, 0.6) is 0 Å². The topological polar surface area (TPSA) is 81.1 Å². The predicted octanol–water partition coefficient (Wildman–Crippen LogP) is 3.08. The van der Waals surface area contributed by atoms with Crippen LogP contribution in [0, 0.1) is 0 Å². The maximum Gasteiger partial charge on any atom is 0.230 e. The highest BCUT2D eigenvalue weighted by Gasteiger charge is 2.28. The first-order valence-corrected chi connectivity index (χ1v) is 12.7. The number of para-hydroxylation sites is 1. The summed E-state index contributed by atoms with van der Waals surface area (Å²) in [6.07, 6.45) is 2.57. The zero-order chi connectivity index (χ0) is 21.0. The van der Waals surface area contributed by atoms with Crippen LogP contribution < -0.4 is 5.32 Å². The van der Waals surface area contributed by atoms with Gasteiger partial charge < -0.3 is 5.32 Å². The first-order chi connectivity index (χ1) is 14.5. The average Bonchev–Trinajstić information content (AvgIpc) is 3.35. The summed E-state index contributed by atoms with van der Waals surface area (Å²) < 4.78 is 25.0. The lowest BCUT2D eigenvalue weighted by molar-refractivity contribution is -0.118. The standard InChI is InChI=1S/C22H23N3O3S2/c26-21(15-29-20-11-12-30(27,28)16-20)23-13-18-14-25(19-9-5-2-6-10-19)24-22(18)17-7-3-1-4-8-17/h1-10,14,20H,11-13,15-16H2,(H,23,26)/t20-/m0/s1. The summed E-state index contributed by atoms with van der Waals surface area (Å²) in [6, 6.07) is 19.7. The Labute approximate surface area is 180 Å². The molecule has 30 heavy (non-hydrogen) atoms. The number of carbonyl (C=O) groups excluding carboxylic acids is 1. The minimum absolute atomic E-state index is 0.0152. The maximum absolute atomic E-state index is 12.4. The van der Waals surface area contributed by atoms with E-state index in [-0.39, 0.29) is 28.4 Å². The third kappa shape index (κ3) is 5.12. The molecular formula is C22H23N3O3S2. The van der Waals surface area contributed by atoms with Crippen molar-refractivity contribution in [2.24, 2.45) is 0 Å². The van der Waals surface area contributed by atoms with Crippen molar-refractivity contribution in [2.75, 3.05) is 17.3 Å². The van der Waals surface area contributed by atoms with E-state index in [1.54, 1.807) is 0 Å². The Balaban J connectivity index is 1.45. The van der Waals surface area contributed by atoms with Gasteiger partial charge in [0.25, 0.3) is 0 Å². The fourth-order valence-electron chi connectivity index (χ4n) is 3.42. The molecule has 0 bridgehead atoms. The molecule has 3 aromatic rings. The van der Waals surface area contributed by atoms with Gasteiger partial charge in [0.2, 0.25) is 5.91 Å². The van der Waals surface area contributed by atoms with Gasteiger partial charge in [0.1, 0.15) is 0 Å². The summed E-state index contributed by atoms with van der Waals surface area (Å²) in [5.74, 6) is 0.558. The smallest absolute Gasteiger partial charge is 0.230 e. The van der Waals surface area contributed by atoms with Crippen molar-refractivity contribution in [3.8, 4) is 16.9 Å². The van der Waals surface area contributed by atoms with Crippen molar-refractivity contribution < 1.29 is 13.2 Å². The van der Waals surface area contributed by atoms with E-state index in [0.29, 0.717) is 13.0 Å². The molecule has 0 radical (unpaired) electrons. The van der Waals surface area contributed by atoms with Gasteiger partial charge >= 0.3 is 0 Å². The molecule has 156 valence electrons. The molecule has 1 amide bonds. The number of thioether (sulfide) groups is 1. The van der Waals surface area contributed by atoms with Gasteiger partial charge in [0.05, 0.1) is 28.6 Å². The number of amides is 1. The van der Waals surface area contributed by atoms with Crippen LogP contribution in [0.1, 0.15) is 12.0 Å². The van der Waals surface area contributed by atoms with Gasteiger partial charge in [-0.1, -0.05) is 48.5 Å². The van der Waals surface area contributed by atoms with Crippen molar-refractivity contribution in [2.45, 2.75) is 18.2 Å². The molecule has 4 rings (SSSR count). The normalized spacial score (nSPS) is 17.7. The lowest BCUT2D eigenvalue weighted by atomic mass is 10.1. The van der Waals surface area contributed by atoms with Crippen LogP contribution in [-0.4, -0.2) is 46.6 Å². The number of carbonyl (C=O) groups is 1. The molecule has 1 aromatic heterocycles. The second-order valence-electron chi connectivity index (χ2n) is 7.26. The minimum atomic E-state index is -2.92. The van der Waals surface area contributed by atoms with E-state index in [1.807, 2.05) is 71.5 Å². The highest BCUT2D eigenvalue weighted by atomic mass is 32.2. The van der Waals surface area contributed by atoms with Crippen LogP contribution in [0.4, 0.5) is 0 Å². The van der Waals surface area contributed by atoms with E-state index in [1.165, 1.54) is 11.8 Å². The fourth-order valence-corrected chi connectivity index (χ4v) is 6.90. The van der Waals surface area contributed by atoms with E-state index in [9.17, 15) is 13.2 Å². The number of sulfone groups is 1. The molecule has 1 saturated heterocycles. The molecule has 1 aliphatic heterocycles. The van der Waals surface area contributed by atoms with E-state index in [4.69, 9.17) is 5.10 Å². The molecule has 6 nitrogen and oxygen atoms in total. The Morgan fingerprint density at radius 1 is 1.10 bits per heavy atom. The van der Waals surface area contributed by atoms with Gasteiger partial charge in [-0.15, -0.1) is 11.8 Å². The number of benzene rings is 2. The highest BCUT2D eigenvalue weighted by Crippen LogP contribution is 2.25. The molecule has 0 spiro atoms. The second-order valence-corrected chi connectivity index (χ2v) is 10.8. The highest BCUT2D eigenvalue weighted by molar-refractivity contribution is 8.02. The Kier molecular flexibility index (Phi) is 6.24. The summed E-state index contributed by atoms with van der Waals surface area (Å²) in [5, 5.41) is 7.72. The summed E-state index contributed by atoms with van der Waals surface area (Å²) in [7, 11) is -2.92. The molecule has 1 aliphatic rings. The number of nitrogens with one attached hydrogen (secondary N) is 1. The minimum Gasteiger partial charge on any atom is -0.351 e. The van der Waals surface area contributed by atoms with Crippen molar-refractivity contribution in [1.29, 1.82) is 0 Å². The van der Waals surface area contributed by atoms with E-state index in [2.05, 4.69) is 5.32 Å². The van der Waals surface area contributed by atoms with Gasteiger partial charge in [0, 0.05) is 29.1 Å². The van der Waals surface area contributed by atoms with E-state index < -0.39 is 9.84 Å². The monoisotopic (exact) mass is 441 g/mol. The van der Waals surface area contributed by atoms with Gasteiger partial charge in [0.15, 0.2) is 9.84 Å². The first-order valence-electron chi connectivity index (χ1n) is 9.78. The quantitative estimate of drug-likeness (QED) is 0.609. The van der Waals surface area contributed by atoms with Crippen molar-refractivity contribution >= 4 is 27.5 Å². The Morgan fingerprint density at radius 3 is 2.47 bits per heavy atom. The van der Waals surface area contributed by atoms with Gasteiger partial charge in [-0.05, 0) is 18.6 Å². The molecule has 2 heterocycles. The van der Waals surface area contributed by atoms with Gasteiger partial charge in [-0.25, -0.2) is 13.1 Å². The van der Waals surface area contributed by atoms with Crippen molar-refractivity contribution in [3.05, 3.63) is 72.4 Å². The molecule has 8 heteroatoms. The molecule has 2 aromatic carbocycles. The first kappa shape index (κ1) is 20.7. The molecule has 1 atom stereocenters. The van der Waals surface area contributed by atoms with Crippen LogP contribution in [0.3, 0.4) is 0 Å². The largest absolute Gasteiger partial charge is 0.351 e. The summed E-state index contributed by atoms with van der Waals surface area (Å²) in [4.78, 5) is 12.4. The number of hydrogen-bond donors (Lipinski definition) is 1. The van der Waals surface area contributed by atoms with Crippen LogP contribution in [0.25, 0.3) is 16.9 Å². The zero-order valence-corrected chi connectivity index (χ0v) is 18.0. The summed E-state index contributed by atoms with van der Waals surface area (Å²) in [5.41, 5.74) is 3.69. The molecule has 1 N–H and O–H groups in total. The number of rotatable bonds is 7. The van der Waals surface area contributed by atoms with Crippen LogP contribution in [0.2, 0.25) is 0 Å². The average molecular weight is 442 g/mol. The lowest BCUT2D eigenvalue weighted by Gasteiger charge is -2.08. The summed E-state index contributed by atoms with van der Waals surface area (Å²) in [6.45, 7) is 0.361. The molecule has 0 unspecified atom stereocenters. The molecular weight excluding hydrogens is 418 g/mol. The Bertz CT molecular complexity index is 1110. The van der Waals surface area contributed by atoms with E-state index in [0.717, 1.165) is 22.5 Å². The summed E-state index contributed by atoms with van der Waals surface area (Å²) >= 11 is 1.42. The number of aromatic nitrogens is 2. The molecule has 0 aliphatic carbocycles. The number of nitrogens with zero attached hydrogens (tertiary/aromatic N) is 2. The van der Waals surface area contributed by atoms with Gasteiger partial charge in [-0.3, -0.25) is 4.79 Å². The van der Waals surface area contributed by atoms with Crippen LogP contribution in [-0.2, 0) is 21.2 Å². The fraction of sp³-hybridized carbons (Fsp3) is 0.273. The van der Waals surface area contributed by atoms with Crippen molar-refractivity contribution in [1.82, 2.24) is 15.1 Å². The zero-order valence-electron chi connectivity index (χ0n) is 16.4. The third-order valence-electron chi connectivity index (χ3n) is 4.97. The maximum atomic E-state index is 12.4. The molecule has 1 fully saturated rings. The van der Waals surface area contributed by atoms with Gasteiger partial charge in [-0.2, -0.15) is 5.10 Å². The van der Waals surface area contributed by atoms with Crippen LogP contribution in [0.15, 0.2) is 66.9 Å². The SMILES string of the molecule is O=C(CS[C@H]1CCS(=O)(=O)C1)NCc1cn(-c2ccccc2)nc1-c1ccccc1. The Morgan fingerprint density at radius 2 is 1.80 bits per heavy atom. The predicted molar refractivity (Wildman–Crippen MR) is 120 cm³/mol. The lowest BCUT2D eigenvalue weighted by Crippen LogP contribution is -2.25.